The number of aromatic nitrogens is 2. The van der Waals surface area contributed by atoms with E-state index >= 15 is 0 Å². The van der Waals surface area contributed by atoms with Gasteiger partial charge in [-0.05, 0) is 13.2 Å². The highest BCUT2D eigenvalue weighted by Crippen LogP contribution is 2.35. The summed E-state index contributed by atoms with van der Waals surface area (Å²) in [5, 5.41) is 9.60. The van der Waals surface area contributed by atoms with Crippen molar-refractivity contribution in [2.45, 2.75) is 30.9 Å². The minimum absolute atomic E-state index is 0.0650. The Morgan fingerprint density at radius 3 is 2.90 bits per heavy atom. The van der Waals surface area contributed by atoms with Gasteiger partial charge in [0, 0.05) is 34.9 Å². The third kappa shape index (κ3) is 3.94. The molecule has 1 aromatic rings. The molecular weight excluding hydrogens is 312 g/mol. The van der Waals surface area contributed by atoms with Crippen LogP contribution in [0, 0.1) is 6.92 Å². The van der Waals surface area contributed by atoms with Crippen LogP contribution in [0.1, 0.15) is 18.2 Å². The molecule has 2 N–H and O–H groups in total. The highest BCUT2D eigenvalue weighted by Gasteiger charge is 2.36. The predicted molar refractivity (Wildman–Crippen MR) is 86.3 cm³/mol. The van der Waals surface area contributed by atoms with Crippen LogP contribution in [-0.4, -0.2) is 50.4 Å². The molecule has 0 amide bonds. The third-order valence-corrected chi connectivity index (χ3v) is 5.67. The normalized spacial score (nSPS) is 25.4. The minimum atomic E-state index is -0.470. The van der Waals surface area contributed by atoms with Crippen LogP contribution in [0.5, 0.6) is 0 Å². The molecule has 2 heterocycles. The van der Waals surface area contributed by atoms with Gasteiger partial charge in [-0.2, -0.15) is 23.5 Å². The number of aliphatic hydroxyl groups excluding tert-OH is 1. The van der Waals surface area contributed by atoms with Crippen LogP contribution in [0.25, 0.3) is 0 Å². The smallest absolute Gasteiger partial charge is 0.330 e. The van der Waals surface area contributed by atoms with Gasteiger partial charge in [-0.3, -0.25) is 14.3 Å². The Morgan fingerprint density at radius 1 is 1.48 bits per heavy atom. The van der Waals surface area contributed by atoms with Gasteiger partial charge in [-0.15, -0.1) is 0 Å². The quantitative estimate of drug-likeness (QED) is 0.742. The lowest BCUT2D eigenvalue weighted by atomic mass is 10.2. The highest BCUT2D eigenvalue weighted by molar-refractivity contribution is 8.02. The van der Waals surface area contributed by atoms with E-state index in [9.17, 15) is 14.7 Å². The summed E-state index contributed by atoms with van der Waals surface area (Å²) in [7, 11) is 0. The van der Waals surface area contributed by atoms with Gasteiger partial charge in [0.1, 0.15) is 6.23 Å². The zero-order chi connectivity index (χ0) is 15.4. The number of nitrogens with zero attached hydrogens (tertiary/aromatic N) is 1. The summed E-state index contributed by atoms with van der Waals surface area (Å²) in [5.74, 6) is 2.03. The number of aliphatic hydroxyl groups is 1. The number of nitrogens with one attached hydrogen (secondary N) is 1. The standard InChI is InChI=1S/C13H20N2O4S2/c1-8-6-15(13(18)14-12(8)17)11-5-10(9(7-16)19-11)21-4-3-20-2/h6,9-11,16H,3-5,7H2,1-2H3,(H,14,17,18)/t9-,10-,11-/m1/s1. The van der Waals surface area contributed by atoms with E-state index < -0.39 is 11.9 Å². The lowest BCUT2D eigenvalue weighted by molar-refractivity contribution is -0.0238. The summed E-state index contributed by atoms with van der Waals surface area (Å²) in [4.78, 5) is 25.6. The summed E-state index contributed by atoms with van der Waals surface area (Å²) in [5.41, 5.74) is -0.377. The maximum atomic E-state index is 11.9. The van der Waals surface area contributed by atoms with Crippen LogP contribution in [-0.2, 0) is 4.74 Å². The molecular formula is C13H20N2O4S2. The Balaban J connectivity index is 2.13. The maximum absolute atomic E-state index is 11.9. The van der Waals surface area contributed by atoms with Crippen molar-refractivity contribution in [3.05, 3.63) is 32.6 Å². The van der Waals surface area contributed by atoms with Gasteiger partial charge in [-0.1, -0.05) is 0 Å². The van der Waals surface area contributed by atoms with Crippen LogP contribution in [0.4, 0.5) is 0 Å². The Hall–Kier alpha value is -0.700. The second-order valence-corrected chi connectivity index (χ2v) is 7.26. The molecule has 1 aliphatic rings. The van der Waals surface area contributed by atoms with Crippen LogP contribution >= 0.6 is 23.5 Å². The fourth-order valence-corrected chi connectivity index (χ4v) is 4.31. The van der Waals surface area contributed by atoms with E-state index in [1.807, 2.05) is 0 Å². The van der Waals surface area contributed by atoms with Crippen molar-refractivity contribution >= 4 is 23.5 Å². The number of H-pyrrole nitrogens is 1. The monoisotopic (exact) mass is 332 g/mol. The first-order valence-corrected chi connectivity index (χ1v) is 9.20. The molecule has 21 heavy (non-hydrogen) atoms. The number of hydrogen-bond acceptors (Lipinski definition) is 6. The first-order chi connectivity index (χ1) is 10.1. The molecule has 118 valence electrons. The largest absolute Gasteiger partial charge is 0.394 e. The molecule has 1 saturated heterocycles. The van der Waals surface area contributed by atoms with Crippen molar-refractivity contribution in [1.82, 2.24) is 9.55 Å². The Kier molecular flexibility index (Phi) is 5.98. The summed E-state index contributed by atoms with van der Waals surface area (Å²) < 4.78 is 7.19. The van der Waals surface area contributed by atoms with E-state index in [0.29, 0.717) is 12.0 Å². The first-order valence-electron chi connectivity index (χ1n) is 6.75. The maximum Gasteiger partial charge on any atom is 0.330 e. The van der Waals surface area contributed by atoms with Crippen LogP contribution in [0.2, 0.25) is 0 Å². The van der Waals surface area contributed by atoms with Gasteiger partial charge in [0.15, 0.2) is 0 Å². The molecule has 0 spiro atoms. The Morgan fingerprint density at radius 2 is 2.24 bits per heavy atom. The van der Waals surface area contributed by atoms with Gasteiger partial charge in [0.05, 0.1) is 12.7 Å². The summed E-state index contributed by atoms with van der Waals surface area (Å²) >= 11 is 3.54. The number of ether oxygens (including phenoxy) is 1. The fraction of sp³-hybridized carbons (Fsp3) is 0.692. The minimum Gasteiger partial charge on any atom is -0.394 e. The van der Waals surface area contributed by atoms with E-state index in [4.69, 9.17) is 4.74 Å². The molecule has 3 atom stereocenters. The molecule has 1 fully saturated rings. The van der Waals surface area contributed by atoms with Crippen molar-refractivity contribution in [3.8, 4) is 0 Å². The molecule has 0 aromatic carbocycles. The molecule has 2 rings (SSSR count). The van der Waals surface area contributed by atoms with E-state index in [0.717, 1.165) is 11.5 Å². The topological polar surface area (TPSA) is 84.3 Å². The number of rotatable bonds is 6. The highest BCUT2D eigenvalue weighted by atomic mass is 32.2. The second kappa shape index (κ2) is 7.53. The molecule has 1 aliphatic heterocycles. The van der Waals surface area contributed by atoms with Crippen molar-refractivity contribution in [2.75, 3.05) is 24.4 Å². The number of thioether (sulfide) groups is 2. The van der Waals surface area contributed by atoms with Gasteiger partial charge < -0.3 is 9.84 Å². The zero-order valence-electron chi connectivity index (χ0n) is 12.1. The van der Waals surface area contributed by atoms with Crippen molar-refractivity contribution < 1.29 is 9.84 Å². The molecule has 0 radical (unpaired) electrons. The SMILES string of the molecule is CSCCS[C@@H]1C[C@H](n2cc(C)c(=O)[nH]c2=O)O[C@@H]1CO. The lowest BCUT2D eigenvalue weighted by Crippen LogP contribution is -2.33. The van der Waals surface area contributed by atoms with E-state index in [1.54, 1.807) is 30.4 Å². The summed E-state index contributed by atoms with van der Waals surface area (Å²) in [6.45, 7) is 1.59. The molecule has 0 saturated carbocycles. The summed E-state index contributed by atoms with van der Waals surface area (Å²) in [6, 6.07) is 0. The van der Waals surface area contributed by atoms with E-state index in [2.05, 4.69) is 11.2 Å². The number of hydrogen-bond donors (Lipinski definition) is 2. The molecule has 8 heteroatoms. The number of aromatic amines is 1. The van der Waals surface area contributed by atoms with Crippen LogP contribution in [0.15, 0.2) is 15.8 Å². The zero-order valence-corrected chi connectivity index (χ0v) is 13.7. The molecule has 1 aromatic heterocycles. The van der Waals surface area contributed by atoms with E-state index in [1.165, 1.54) is 10.8 Å². The third-order valence-electron chi connectivity index (χ3n) is 3.44. The molecule has 0 bridgehead atoms. The molecule has 0 aliphatic carbocycles. The van der Waals surface area contributed by atoms with Crippen molar-refractivity contribution in [3.63, 3.8) is 0 Å². The van der Waals surface area contributed by atoms with Crippen molar-refractivity contribution in [2.24, 2.45) is 0 Å². The molecule has 6 nitrogen and oxygen atoms in total. The first kappa shape index (κ1) is 16.7. The van der Waals surface area contributed by atoms with Gasteiger partial charge >= 0.3 is 5.69 Å². The Labute approximate surface area is 131 Å². The average molecular weight is 332 g/mol. The van der Waals surface area contributed by atoms with Crippen molar-refractivity contribution in [1.29, 1.82) is 0 Å². The van der Waals surface area contributed by atoms with Crippen LogP contribution < -0.4 is 11.2 Å². The lowest BCUT2D eigenvalue weighted by Gasteiger charge is -2.15. The second-order valence-electron chi connectivity index (χ2n) is 4.93. The van der Waals surface area contributed by atoms with Crippen LogP contribution in [0.3, 0.4) is 0 Å². The summed E-state index contributed by atoms with van der Waals surface area (Å²) in [6.07, 6.45) is 3.52. The van der Waals surface area contributed by atoms with Gasteiger partial charge in [-0.25, -0.2) is 4.79 Å². The average Bonchev–Trinajstić information content (AvgIpc) is 2.86. The predicted octanol–water partition coefficient (Wildman–Crippen LogP) is 0.590. The Bertz CT molecular complexity index is 586. The number of aryl methyl sites for hydroxylation is 1. The van der Waals surface area contributed by atoms with Gasteiger partial charge in [0.25, 0.3) is 5.56 Å². The van der Waals surface area contributed by atoms with Gasteiger partial charge in [0.2, 0.25) is 0 Å². The van der Waals surface area contributed by atoms with E-state index in [-0.39, 0.29) is 23.5 Å². The molecule has 0 unspecified atom stereocenters. The fourth-order valence-electron chi connectivity index (χ4n) is 2.29.